The molecule has 0 bridgehead atoms. The lowest BCUT2D eigenvalue weighted by molar-refractivity contribution is -0.133. The van der Waals surface area contributed by atoms with Gasteiger partial charge < -0.3 is 4.90 Å². The van der Waals surface area contributed by atoms with Crippen molar-refractivity contribution in [3.05, 3.63) is 0 Å². The summed E-state index contributed by atoms with van der Waals surface area (Å²) >= 11 is 0. The maximum atomic E-state index is 12.6. The van der Waals surface area contributed by atoms with Gasteiger partial charge in [0.05, 0.1) is 11.7 Å². The first-order valence-electron chi connectivity index (χ1n) is 7.73. The minimum atomic E-state index is -0.134. The number of rotatable bonds is 3. The number of hydrogen-bond donors (Lipinski definition) is 1. The van der Waals surface area contributed by atoms with Gasteiger partial charge in [0.25, 0.3) is 0 Å². The van der Waals surface area contributed by atoms with Gasteiger partial charge >= 0.3 is 0 Å². The second-order valence-electron chi connectivity index (χ2n) is 6.54. The SMILES string of the molecule is CCC1CCC(N2C(=O)C3(CC3)NC2CC)C1C. The molecule has 1 saturated heterocycles. The molecule has 1 amide bonds. The fourth-order valence-corrected chi connectivity index (χ4v) is 4.20. The highest BCUT2D eigenvalue weighted by atomic mass is 16.2. The summed E-state index contributed by atoms with van der Waals surface area (Å²) in [6.07, 6.45) is 7.20. The van der Waals surface area contributed by atoms with E-state index in [1.54, 1.807) is 0 Å². The Morgan fingerprint density at radius 2 is 2.00 bits per heavy atom. The molecule has 4 atom stereocenters. The molecule has 2 aliphatic carbocycles. The summed E-state index contributed by atoms with van der Waals surface area (Å²) in [7, 11) is 0. The van der Waals surface area contributed by atoms with E-state index < -0.39 is 0 Å². The molecule has 3 rings (SSSR count). The van der Waals surface area contributed by atoms with Crippen molar-refractivity contribution in [3.8, 4) is 0 Å². The Morgan fingerprint density at radius 3 is 2.50 bits per heavy atom. The van der Waals surface area contributed by atoms with Gasteiger partial charge in [-0.3, -0.25) is 10.1 Å². The Kier molecular flexibility index (Phi) is 2.92. The van der Waals surface area contributed by atoms with E-state index in [-0.39, 0.29) is 5.54 Å². The van der Waals surface area contributed by atoms with Gasteiger partial charge in [-0.25, -0.2) is 0 Å². The van der Waals surface area contributed by atoms with Crippen LogP contribution in [0.15, 0.2) is 0 Å². The largest absolute Gasteiger partial charge is 0.322 e. The third-order valence-electron chi connectivity index (χ3n) is 5.62. The third kappa shape index (κ3) is 1.63. The maximum Gasteiger partial charge on any atom is 0.244 e. The minimum absolute atomic E-state index is 0.134. The van der Waals surface area contributed by atoms with Gasteiger partial charge in [-0.2, -0.15) is 0 Å². The maximum absolute atomic E-state index is 12.6. The highest BCUT2D eigenvalue weighted by Crippen LogP contribution is 2.47. The summed E-state index contributed by atoms with van der Waals surface area (Å²) in [4.78, 5) is 14.9. The van der Waals surface area contributed by atoms with Gasteiger partial charge in [0.15, 0.2) is 0 Å². The van der Waals surface area contributed by atoms with E-state index in [0.717, 1.165) is 25.2 Å². The normalized spacial score (nSPS) is 41.9. The second kappa shape index (κ2) is 4.22. The molecular formula is C15H26N2O. The molecule has 0 aromatic carbocycles. The van der Waals surface area contributed by atoms with E-state index in [0.29, 0.717) is 24.0 Å². The number of hydrogen-bond acceptors (Lipinski definition) is 2. The van der Waals surface area contributed by atoms with Crippen molar-refractivity contribution < 1.29 is 4.79 Å². The molecule has 102 valence electrons. The van der Waals surface area contributed by atoms with Crippen molar-refractivity contribution in [2.75, 3.05) is 0 Å². The predicted octanol–water partition coefficient (Wildman–Crippen LogP) is 2.51. The van der Waals surface area contributed by atoms with Crippen LogP contribution in [-0.4, -0.2) is 28.6 Å². The second-order valence-corrected chi connectivity index (χ2v) is 6.54. The summed E-state index contributed by atoms with van der Waals surface area (Å²) < 4.78 is 0. The summed E-state index contributed by atoms with van der Waals surface area (Å²) in [5.41, 5.74) is -0.134. The first-order valence-corrected chi connectivity index (χ1v) is 7.73. The average molecular weight is 250 g/mol. The Morgan fingerprint density at radius 1 is 1.28 bits per heavy atom. The monoisotopic (exact) mass is 250 g/mol. The van der Waals surface area contributed by atoms with E-state index in [9.17, 15) is 4.79 Å². The molecule has 3 fully saturated rings. The third-order valence-corrected chi connectivity index (χ3v) is 5.62. The zero-order valence-electron chi connectivity index (χ0n) is 11.9. The molecule has 0 radical (unpaired) electrons. The number of carbonyl (C=O) groups excluding carboxylic acids is 1. The molecule has 3 aliphatic rings. The quantitative estimate of drug-likeness (QED) is 0.834. The fraction of sp³-hybridized carbons (Fsp3) is 0.933. The first-order chi connectivity index (χ1) is 8.63. The predicted molar refractivity (Wildman–Crippen MR) is 72.0 cm³/mol. The fourth-order valence-electron chi connectivity index (χ4n) is 4.20. The Bertz CT molecular complexity index is 350. The van der Waals surface area contributed by atoms with Crippen LogP contribution in [0.1, 0.15) is 59.3 Å². The molecule has 3 nitrogen and oxygen atoms in total. The van der Waals surface area contributed by atoms with Gasteiger partial charge in [-0.1, -0.05) is 27.2 Å². The van der Waals surface area contributed by atoms with Crippen LogP contribution in [0.4, 0.5) is 0 Å². The average Bonchev–Trinajstić information content (AvgIpc) is 2.99. The molecule has 4 unspecified atom stereocenters. The van der Waals surface area contributed by atoms with Crippen molar-refractivity contribution in [1.82, 2.24) is 10.2 Å². The van der Waals surface area contributed by atoms with E-state index >= 15 is 0 Å². The zero-order chi connectivity index (χ0) is 12.9. The van der Waals surface area contributed by atoms with Crippen LogP contribution in [0.5, 0.6) is 0 Å². The van der Waals surface area contributed by atoms with E-state index in [1.165, 1.54) is 19.3 Å². The smallest absolute Gasteiger partial charge is 0.244 e. The van der Waals surface area contributed by atoms with Crippen LogP contribution >= 0.6 is 0 Å². The van der Waals surface area contributed by atoms with Crippen molar-refractivity contribution in [3.63, 3.8) is 0 Å². The summed E-state index contributed by atoms with van der Waals surface area (Å²) in [5, 5.41) is 3.60. The first kappa shape index (κ1) is 12.5. The van der Waals surface area contributed by atoms with Crippen molar-refractivity contribution in [2.24, 2.45) is 11.8 Å². The number of nitrogens with one attached hydrogen (secondary N) is 1. The topological polar surface area (TPSA) is 32.3 Å². The van der Waals surface area contributed by atoms with Crippen LogP contribution in [0.2, 0.25) is 0 Å². The van der Waals surface area contributed by atoms with Gasteiger partial charge in [0, 0.05) is 6.04 Å². The molecule has 0 aromatic rings. The Balaban J connectivity index is 1.80. The van der Waals surface area contributed by atoms with Gasteiger partial charge in [-0.05, 0) is 43.9 Å². The van der Waals surface area contributed by atoms with Gasteiger partial charge in [0.1, 0.15) is 0 Å². The van der Waals surface area contributed by atoms with Gasteiger partial charge in [-0.15, -0.1) is 0 Å². The number of amides is 1. The molecular weight excluding hydrogens is 224 g/mol. The van der Waals surface area contributed by atoms with Crippen LogP contribution < -0.4 is 5.32 Å². The summed E-state index contributed by atoms with van der Waals surface area (Å²) in [5.74, 6) is 1.89. The standard InChI is InChI=1S/C15H26N2O/c1-4-11-6-7-12(10(11)3)17-13(5-2)16-15(8-9-15)14(17)18/h10-13,16H,4-9H2,1-3H3. The molecule has 0 aromatic heterocycles. The molecule has 2 saturated carbocycles. The molecule has 1 N–H and O–H groups in total. The Hall–Kier alpha value is -0.570. The van der Waals surface area contributed by atoms with E-state index in [2.05, 4.69) is 31.0 Å². The molecule has 1 spiro atoms. The van der Waals surface area contributed by atoms with Crippen LogP contribution in [0.25, 0.3) is 0 Å². The molecule has 1 aliphatic heterocycles. The highest BCUT2D eigenvalue weighted by Gasteiger charge is 2.60. The molecule has 1 heterocycles. The van der Waals surface area contributed by atoms with Crippen LogP contribution in [-0.2, 0) is 4.79 Å². The number of nitrogens with zero attached hydrogens (tertiary/aromatic N) is 1. The number of carbonyl (C=O) groups is 1. The van der Waals surface area contributed by atoms with Crippen LogP contribution in [0, 0.1) is 11.8 Å². The molecule has 18 heavy (non-hydrogen) atoms. The Labute approximate surface area is 110 Å². The van der Waals surface area contributed by atoms with Gasteiger partial charge in [0.2, 0.25) is 5.91 Å². The lowest BCUT2D eigenvalue weighted by atomic mass is 9.92. The van der Waals surface area contributed by atoms with E-state index in [4.69, 9.17) is 0 Å². The summed E-state index contributed by atoms with van der Waals surface area (Å²) in [6, 6.07) is 0.486. The van der Waals surface area contributed by atoms with Crippen LogP contribution in [0.3, 0.4) is 0 Å². The lowest BCUT2D eigenvalue weighted by Crippen LogP contribution is -2.46. The van der Waals surface area contributed by atoms with Crippen molar-refractivity contribution in [2.45, 2.75) is 77.0 Å². The van der Waals surface area contributed by atoms with E-state index in [1.807, 2.05) is 0 Å². The van der Waals surface area contributed by atoms with Crippen molar-refractivity contribution >= 4 is 5.91 Å². The zero-order valence-corrected chi connectivity index (χ0v) is 11.9. The summed E-state index contributed by atoms with van der Waals surface area (Å²) in [6.45, 7) is 6.83. The highest BCUT2D eigenvalue weighted by molar-refractivity contribution is 5.92. The van der Waals surface area contributed by atoms with Crippen molar-refractivity contribution in [1.29, 1.82) is 0 Å². The lowest BCUT2D eigenvalue weighted by Gasteiger charge is -2.33. The minimum Gasteiger partial charge on any atom is -0.322 e. The molecule has 3 heteroatoms.